The third-order valence-corrected chi connectivity index (χ3v) is 4.47. The summed E-state index contributed by atoms with van der Waals surface area (Å²) in [6.45, 7) is 2.86. The van der Waals surface area contributed by atoms with Crippen molar-refractivity contribution in [1.82, 2.24) is 10.2 Å². The number of nitrogens with one attached hydrogen (secondary N) is 1. The van der Waals surface area contributed by atoms with Crippen molar-refractivity contribution in [3.63, 3.8) is 0 Å². The summed E-state index contributed by atoms with van der Waals surface area (Å²) in [4.78, 5) is 14.5. The Morgan fingerprint density at radius 2 is 2.32 bits per heavy atom. The van der Waals surface area contributed by atoms with Gasteiger partial charge in [0.1, 0.15) is 5.82 Å². The standard InChI is InChI=1S/C17H23FN2O2/c18-14-5-3-4-13(10-14)16-12-19-7-8-20(16)17(21)11-15-6-1-2-9-22-15/h3-5,10,15-16,19H,1-2,6-9,11-12H2. The Morgan fingerprint density at radius 1 is 1.41 bits per heavy atom. The van der Waals surface area contributed by atoms with Crippen LogP contribution in [0.15, 0.2) is 24.3 Å². The van der Waals surface area contributed by atoms with E-state index in [-0.39, 0.29) is 23.9 Å². The van der Waals surface area contributed by atoms with E-state index < -0.39 is 0 Å². The number of ether oxygens (including phenoxy) is 1. The first-order chi connectivity index (χ1) is 10.7. The molecule has 3 rings (SSSR count). The molecule has 2 fully saturated rings. The van der Waals surface area contributed by atoms with Crippen LogP contribution in [0, 0.1) is 5.82 Å². The second kappa shape index (κ2) is 7.20. The highest BCUT2D eigenvalue weighted by Gasteiger charge is 2.30. The maximum absolute atomic E-state index is 13.5. The van der Waals surface area contributed by atoms with Crippen LogP contribution in [-0.4, -0.2) is 43.2 Å². The van der Waals surface area contributed by atoms with E-state index in [0.29, 0.717) is 19.5 Å². The van der Waals surface area contributed by atoms with Crippen molar-refractivity contribution in [2.24, 2.45) is 0 Å². The Kier molecular flexibility index (Phi) is 5.05. The van der Waals surface area contributed by atoms with Gasteiger partial charge < -0.3 is 15.0 Å². The van der Waals surface area contributed by atoms with Crippen LogP contribution in [0.5, 0.6) is 0 Å². The van der Waals surface area contributed by atoms with Crippen LogP contribution in [0.3, 0.4) is 0 Å². The van der Waals surface area contributed by atoms with Gasteiger partial charge >= 0.3 is 0 Å². The molecule has 0 spiro atoms. The predicted octanol–water partition coefficient (Wildman–Crippen LogP) is 2.26. The number of nitrogens with zero attached hydrogens (tertiary/aromatic N) is 1. The van der Waals surface area contributed by atoms with E-state index >= 15 is 0 Å². The van der Waals surface area contributed by atoms with Crippen molar-refractivity contribution in [3.8, 4) is 0 Å². The minimum Gasteiger partial charge on any atom is -0.378 e. The maximum atomic E-state index is 13.5. The summed E-state index contributed by atoms with van der Waals surface area (Å²) in [7, 11) is 0. The Labute approximate surface area is 130 Å². The number of piperazine rings is 1. The van der Waals surface area contributed by atoms with Gasteiger partial charge in [-0.3, -0.25) is 4.79 Å². The molecule has 2 atom stereocenters. The van der Waals surface area contributed by atoms with Crippen LogP contribution in [0.4, 0.5) is 4.39 Å². The SMILES string of the molecule is O=C(CC1CCCCO1)N1CCNCC1c1cccc(F)c1. The van der Waals surface area contributed by atoms with Crippen molar-refractivity contribution in [1.29, 1.82) is 0 Å². The van der Waals surface area contributed by atoms with Gasteiger partial charge in [0.2, 0.25) is 5.91 Å². The second-order valence-corrected chi connectivity index (χ2v) is 6.05. The Hall–Kier alpha value is -1.46. The predicted molar refractivity (Wildman–Crippen MR) is 81.9 cm³/mol. The summed E-state index contributed by atoms with van der Waals surface area (Å²) in [5, 5.41) is 3.29. The molecule has 2 heterocycles. The minimum absolute atomic E-state index is 0.0456. The van der Waals surface area contributed by atoms with Gasteiger partial charge in [0.25, 0.3) is 0 Å². The summed E-state index contributed by atoms with van der Waals surface area (Å²) >= 11 is 0. The zero-order chi connectivity index (χ0) is 15.4. The van der Waals surface area contributed by atoms with E-state index in [2.05, 4.69) is 5.32 Å². The quantitative estimate of drug-likeness (QED) is 0.931. The van der Waals surface area contributed by atoms with Gasteiger partial charge in [-0.2, -0.15) is 0 Å². The molecule has 2 aliphatic rings. The lowest BCUT2D eigenvalue weighted by atomic mass is 10.0. The molecule has 1 aromatic carbocycles. The third-order valence-electron chi connectivity index (χ3n) is 4.47. The molecule has 2 unspecified atom stereocenters. The molecular weight excluding hydrogens is 283 g/mol. The van der Waals surface area contributed by atoms with E-state index in [9.17, 15) is 9.18 Å². The molecule has 1 aromatic rings. The number of rotatable bonds is 3. The molecule has 0 saturated carbocycles. The number of benzene rings is 1. The highest BCUT2D eigenvalue weighted by molar-refractivity contribution is 5.77. The van der Waals surface area contributed by atoms with Crippen LogP contribution in [-0.2, 0) is 9.53 Å². The van der Waals surface area contributed by atoms with Crippen LogP contribution in [0.1, 0.15) is 37.3 Å². The zero-order valence-corrected chi connectivity index (χ0v) is 12.8. The summed E-state index contributed by atoms with van der Waals surface area (Å²) < 4.78 is 19.2. The molecule has 120 valence electrons. The second-order valence-electron chi connectivity index (χ2n) is 6.05. The van der Waals surface area contributed by atoms with Crippen LogP contribution >= 0.6 is 0 Å². The van der Waals surface area contributed by atoms with Crippen molar-refractivity contribution >= 4 is 5.91 Å². The minimum atomic E-state index is -0.258. The topological polar surface area (TPSA) is 41.6 Å². The fourth-order valence-electron chi connectivity index (χ4n) is 3.29. The average molecular weight is 306 g/mol. The summed E-state index contributed by atoms with van der Waals surface area (Å²) in [6.07, 6.45) is 3.66. The Bertz CT molecular complexity index is 517. The van der Waals surface area contributed by atoms with Gasteiger partial charge in [-0.25, -0.2) is 4.39 Å². The average Bonchev–Trinajstić information content (AvgIpc) is 2.56. The lowest BCUT2D eigenvalue weighted by molar-refractivity contribution is -0.138. The molecule has 5 heteroatoms. The summed E-state index contributed by atoms with van der Waals surface area (Å²) in [5.74, 6) is -0.145. The van der Waals surface area contributed by atoms with Crippen molar-refractivity contribution in [2.45, 2.75) is 37.8 Å². The summed E-state index contributed by atoms with van der Waals surface area (Å²) in [6, 6.07) is 6.45. The number of carbonyl (C=O) groups excluding carboxylic acids is 1. The van der Waals surface area contributed by atoms with Gasteiger partial charge in [0.05, 0.1) is 18.6 Å². The monoisotopic (exact) mass is 306 g/mol. The molecule has 0 radical (unpaired) electrons. The molecular formula is C17H23FN2O2. The van der Waals surface area contributed by atoms with Crippen molar-refractivity contribution in [3.05, 3.63) is 35.6 Å². The normalized spacial score (nSPS) is 26.0. The van der Waals surface area contributed by atoms with Gasteiger partial charge in [-0.15, -0.1) is 0 Å². The fraction of sp³-hybridized carbons (Fsp3) is 0.588. The van der Waals surface area contributed by atoms with Gasteiger partial charge in [-0.1, -0.05) is 12.1 Å². The molecule has 1 N–H and O–H groups in total. The molecule has 22 heavy (non-hydrogen) atoms. The molecule has 0 aromatic heterocycles. The Balaban J connectivity index is 1.70. The molecule has 2 saturated heterocycles. The largest absolute Gasteiger partial charge is 0.378 e. The molecule has 0 aliphatic carbocycles. The third kappa shape index (κ3) is 3.65. The lowest BCUT2D eigenvalue weighted by Gasteiger charge is -2.37. The highest BCUT2D eigenvalue weighted by atomic mass is 19.1. The molecule has 2 aliphatic heterocycles. The number of hydrogen-bond acceptors (Lipinski definition) is 3. The van der Waals surface area contributed by atoms with Crippen molar-refractivity contribution < 1.29 is 13.9 Å². The lowest BCUT2D eigenvalue weighted by Crippen LogP contribution is -2.49. The number of hydrogen-bond donors (Lipinski definition) is 1. The molecule has 4 nitrogen and oxygen atoms in total. The van der Waals surface area contributed by atoms with Crippen LogP contribution in [0.2, 0.25) is 0 Å². The number of amides is 1. The number of carbonyl (C=O) groups is 1. The Morgan fingerprint density at radius 3 is 3.09 bits per heavy atom. The van der Waals surface area contributed by atoms with E-state index in [1.807, 2.05) is 11.0 Å². The van der Waals surface area contributed by atoms with Gasteiger partial charge in [0, 0.05) is 26.2 Å². The van der Waals surface area contributed by atoms with Gasteiger partial charge in [0.15, 0.2) is 0 Å². The molecule has 1 amide bonds. The highest BCUT2D eigenvalue weighted by Crippen LogP contribution is 2.25. The van der Waals surface area contributed by atoms with Crippen LogP contribution < -0.4 is 5.32 Å². The van der Waals surface area contributed by atoms with Crippen molar-refractivity contribution in [2.75, 3.05) is 26.2 Å². The maximum Gasteiger partial charge on any atom is 0.225 e. The number of halogens is 1. The molecule has 0 bridgehead atoms. The zero-order valence-electron chi connectivity index (χ0n) is 12.8. The van der Waals surface area contributed by atoms with Crippen LogP contribution in [0.25, 0.3) is 0 Å². The smallest absolute Gasteiger partial charge is 0.225 e. The van der Waals surface area contributed by atoms with E-state index in [0.717, 1.165) is 38.0 Å². The summed E-state index contributed by atoms with van der Waals surface area (Å²) in [5.41, 5.74) is 0.852. The van der Waals surface area contributed by atoms with E-state index in [4.69, 9.17) is 4.74 Å². The van der Waals surface area contributed by atoms with E-state index in [1.165, 1.54) is 12.1 Å². The fourth-order valence-corrected chi connectivity index (χ4v) is 3.29. The van der Waals surface area contributed by atoms with Gasteiger partial charge in [-0.05, 0) is 37.0 Å². The first-order valence-electron chi connectivity index (χ1n) is 8.11. The first-order valence-corrected chi connectivity index (χ1v) is 8.11. The first kappa shape index (κ1) is 15.4. The van der Waals surface area contributed by atoms with E-state index in [1.54, 1.807) is 6.07 Å².